The molecule has 2 nitrogen and oxygen atoms in total. The summed E-state index contributed by atoms with van der Waals surface area (Å²) in [7, 11) is 0. The zero-order chi connectivity index (χ0) is 5.28. The largest absolute Gasteiger partial charge is 0.363 e. The Bertz CT molecular complexity index is 144. The molecule has 0 N–H and O–H groups in total. The van der Waals surface area contributed by atoms with Gasteiger partial charge < -0.3 is 4.52 Å². The van der Waals surface area contributed by atoms with Gasteiger partial charge in [0, 0.05) is 5.56 Å². The van der Waals surface area contributed by atoms with Crippen LogP contribution in [0.1, 0.15) is 5.56 Å². The van der Waals surface area contributed by atoms with Gasteiger partial charge in [-0.3, -0.25) is 0 Å². The molecule has 0 radical (unpaired) electrons. The highest BCUT2D eigenvalue weighted by molar-refractivity contribution is 14.1. The summed E-state index contributed by atoms with van der Waals surface area (Å²) in [5.74, 6) is 0. The fourth-order valence-electron chi connectivity index (χ4n) is 0.272. The van der Waals surface area contributed by atoms with Crippen molar-refractivity contribution in [3.63, 3.8) is 0 Å². The van der Waals surface area contributed by atoms with Crippen molar-refractivity contribution in [2.75, 3.05) is 0 Å². The summed E-state index contributed by atoms with van der Waals surface area (Å²) in [4.78, 5) is 0. The molecule has 0 aliphatic rings. The van der Waals surface area contributed by atoms with Crippen LogP contribution in [0.2, 0.25) is 0 Å². The van der Waals surface area contributed by atoms with Gasteiger partial charge in [-0.2, -0.15) is 0 Å². The molecule has 0 fully saturated rings. The summed E-state index contributed by atoms with van der Waals surface area (Å²) in [5, 5.41) is 3.63. The first kappa shape index (κ1) is 5.08. The van der Waals surface area contributed by atoms with Gasteiger partial charge in [-0.05, 0) is 29.5 Å². The van der Waals surface area contributed by atoms with Crippen LogP contribution in [0.5, 0.6) is 0 Å². The lowest BCUT2D eigenvalue weighted by atomic mass is 10.4. The molecule has 0 unspecified atom stereocenters. The predicted molar refractivity (Wildman–Crippen MR) is 34.0 cm³/mol. The molecule has 0 amide bonds. The molecule has 0 atom stereocenters. The summed E-state index contributed by atoms with van der Waals surface area (Å²) in [6, 6.07) is 0. The van der Waals surface area contributed by atoms with Crippen LogP contribution in [0.25, 0.3) is 0 Å². The number of rotatable bonds is 0. The van der Waals surface area contributed by atoms with Gasteiger partial charge in [-0.15, -0.1) is 0 Å². The highest BCUT2D eigenvalue weighted by Crippen LogP contribution is 2.05. The van der Waals surface area contributed by atoms with E-state index in [2.05, 4.69) is 32.3 Å². The van der Waals surface area contributed by atoms with E-state index >= 15 is 0 Å². The van der Waals surface area contributed by atoms with Crippen molar-refractivity contribution in [1.29, 1.82) is 0 Å². The van der Waals surface area contributed by atoms with E-state index in [4.69, 9.17) is 0 Å². The van der Waals surface area contributed by atoms with E-state index in [0.29, 0.717) is 0 Å². The molecule has 0 bridgehead atoms. The smallest absolute Gasteiger partial charge is 0.147 e. The molecule has 0 saturated carbocycles. The summed E-state index contributed by atoms with van der Waals surface area (Å²) in [6.45, 7) is 1.96. The van der Waals surface area contributed by atoms with E-state index in [1.54, 1.807) is 6.26 Å². The van der Waals surface area contributed by atoms with Crippen LogP contribution in [0.4, 0.5) is 0 Å². The minimum absolute atomic E-state index is 0.942. The third-order valence-corrected chi connectivity index (χ3v) is 1.74. The Hall–Kier alpha value is -0.0600. The minimum atomic E-state index is 0.942. The maximum Gasteiger partial charge on any atom is 0.147 e. The zero-order valence-corrected chi connectivity index (χ0v) is 5.97. The Kier molecular flexibility index (Phi) is 1.32. The summed E-state index contributed by atoms with van der Waals surface area (Å²) >= 11 is 2.11. The number of aryl methyl sites for hydroxylation is 1. The van der Waals surface area contributed by atoms with Crippen molar-refractivity contribution in [3.8, 4) is 0 Å². The van der Waals surface area contributed by atoms with Crippen LogP contribution in [0.3, 0.4) is 0 Å². The van der Waals surface area contributed by atoms with Gasteiger partial charge in [-0.1, -0.05) is 5.16 Å². The van der Waals surface area contributed by atoms with Crippen LogP contribution in [0, 0.1) is 10.6 Å². The average molecular weight is 209 g/mol. The summed E-state index contributed by atoms with van der Waals surface area (Å²) in [5.41, 5.74) is 1.10. The highest BCUT2D eigenvalue weighted by Gasteiger charge is 1.93. The molecular formula is C4H4INO. The average Bonchev–Trinajstić information content (AvgIpc) is 1.91. The van der Waals surface area contributed by atoms with Crippen LogP contribution >= 0.6 is 22.6 Å². The van der Waals surface area contributed by atoms with Gasteiger partial charge in [0.1, 0.15) is 9.96 Å². The Morgan fingerprint density at radius 3 is 2.71 bits per heavy atom. The van der Waals surface area contributed by atoms with Gasteiger partial charge in [-0.25, -0.2) is 0 Å². The van der Waals surface area contributed by atoms with E-state index in [0.717, 1.165) is 9.26 Å². The number of nitrogens with zero attached hydrogens (tertiary/aromatic N) is 1. The van der Waals surface area contributed by atoms with Gasteiger partial charge in [0.25, 0.3) is 0 Å². The van der Waals surface area contributed by atoms with Gasteiger partial charge in [0.15, 0.2) is 0 Å². The molecule has 1 rings (SSSR count). The van der Waals surface area contributed by atoms with Gasteiger partial charge in [0.05, 0.1) is 0 Å². The predicted octanol–water partition coefficient (Wildman–Crippen LogP) is 1.59. The zero-order valence-electron chi connectivity index (χ0n) is 3.81. The first-order valence-corrected chi connectivity index (χ1v) is 2.95. The van der Waals surface area contributed by atoms with E-state index in [1.807, 2.05) is 6.92 Å². The first-order valence-electron chi connectivity index (χ1n) is 1.87. The topological polar surface area (TPSA) is 26.0 Å². The van der Waals surface area contributed by atoms with Crippen LogP contribution < -0.4 is 0 Å². The highest BCUT2D eigenvalue weighted by atomic mass is 127. The standard InChI is InChI=1S/C4H4INO/c1-3-2-7-6-4(3)5/h2H,1H3. The summed E-state index contributed by atoms with van der Waals surface area (Å²) in [6.07, 6.45) is 1.63. The molecule has 0 spiro atoms. The Morgan fingerprint density at radius 1 is 1.86 bits per heavy atom. The van der Waals surface area contributed by atoms with E-state index in [9.17, 15) is 0 Å². The van der Waals surface area contributed by atoms with E-state index in [1.165, 1.54) is 0 Å². The van der Waals surface area contributed by atoms with Crippen molar-refractivity contribution in [1.82, 2.24) is 5.16 Å². The molecule has 3 heteroatoms. The van der Waals surface area contributed by atoms with Crippen molar-refractivity contribution in [2.45, 2.75) is 6.92 Å². The third kappa shape index (κ3) is 0.933. The van der Waals surface area contributed by atoms with E-state index in [-0.39, 0.29) is 0 Å². The number of aromatic nitrogens is 1. The molecule has 1 heterocycles. The number of hydrogen-bond acceptors (Lipinski definition) is 2. The quantitative estimate of drug-likeness (QED) is 0.606. The molecule has 7 heavy (non-hydrogen) atoms. The molecule has 1 aromatic heterocycles. The maximum absolute atomic E-state index is 4.59. The van der Waals surface area contributed by atoms with Crippen LogP contribution in [-0.4, -0.2) is 5.16 Å². The summed E-state index contributed by atoms with van der Waals surface area (Å²) < 4.78 is 5.53. The van der Waals surface area contributed by atoms with Gasteiger partial charge >= 0.3 is 0 Å². The Morgan fingerprint density at radius 2 is 2.57 bits per heavy atom. The minimum Gasteiger partial charge on any atom is -0.363 e. The van der Waals surface area contributed by atoms with E-state index < -0.39 is 0 Å². The molecule has 0 saturated heterocycles. The first-order chi connectivity index (χ1) is 3.30. The van der Waals surface area contributed by atoms with Crippen LogP contribution in [0.15, 0.2) is 10.8 Å². The molecule has 38 valence electrons. The van der Waals surface area contributed by atoms with Crippen molar-refractivity contribution in [3.05, 3.63) is 15.5 Å². The Labute approximate surface area is 55.0 Å². The second kappa shape index (κ2) is 1.81. The number of hydrogen-bond donors (Lipinski definition) is 0. The van der Waals surface area contributed by atoms with Crippen molar-refractivity contribution < 1.29 is 4.52 Å². The van der Waals surface area contributed by atoms with Crippen LogP contribution in [-0.2, 0) is 0 Å². The third-order valence-electron chi connectivity index (χ3n) is 0.688. The van der Waals surface area contributed by atoms with Crippen molar-refractivity contribution >= 4 is 22.6 Å². The molecular weight excluding hydrogens is 205 g/mol. The fourth-order valence-corrected chi connectivity index (χ4v) is 0.513. The molecule has 0 aliphatic heterocycles. The lowest BCUT2D eigenvalue weighted by molar-refractivity contribution is 0.414. The number of halogens is 1. The molecule has 0 aromatic carbocycles. The fraction of sp³-hybridized carbons (Fsp3) is 0.250. The monoisotopic (exact) mass is 209 g/mol. The second-order valence-corrected chi connectivity index (χ2v) is 2.31. The second-order valence-electron chi connectivity index (χ2n) is 1.29. The van der Waals surface area contributed by atoms with Gasteiger partial charge in [0.2, 0.25) is 0 Å². The van der Waals surface area contributed by atoms with Crippen molar-refractivity contribution in [2.24, 2.45) is 0 Å². The molecule has 1 aromatic rings. The normalized spacial score (nSPS) is 9.43. The lowest BCUT2D eigenvalue weighted by Gasteiger charge is -1.71. The Balaban J connectivity index is 3.12. The molecule has 0 aliphatic carbocycles. The maximum atomic E-state index is 4.59. The lowest BCUT2D eigenvalue weighted by Crippen LogP contribution is -1.67. The SMILES string of the molecule is Cc1conc1I.